The number of aliphatic carboxylic acids is 1. The Balaban J connectivity index is 1.61. The Bertz CT molecular complexity index is 1820. The van der Waals surface area contributed by atoms with Crippen molar-refractivity contribution < 1.29 is 44.4 Å². The number of benzene rings is 4. The van der Waals surface area contributed by atoms with Crippen LogP contribution in [0.4, 0.5) is 0 Å². The van der Waals surface area contributed by atoms with E-state index in [9.17, 15) is 44.4 Å². The van der Waals surface area contributed by atoms with Gasteiger partial charge in [0.25, 0.3) is 0 Å². The molecule has 0 unspecified atom stereocenters. The SMILES string of the molecule is NCC(=O)N[C@@H](Cc1ccc(O)cc1)C(=O)N[C@@H](Cc1ccc(O)cc1)C(=O)N[C@@H](Cc1ccccc1)C(=O)N[C@@H](Cc1ccc(O)cc1)C(=O)O. The van der Waals surface area contributed by atoms with Crippen molar-refractivity contribution in [3.05, 3.63) is 125 Å². The molecule has 0 fully saturated rings. The zero-order valence-electron chi connectivity index (χ0n) is 28.1. The quantitative estimate of drug-likeness (QED) is 0.0755. The van der Waals surface area contributed by atoms with Crippen LogP contribution in [0.25, 0.3) is 0 Å². The Kier molecular flexibility index (Phi) is 13.7. The van der Waals surface area contributed by atoms with Crippen LogP contribution in [-0.2, 0) is 49.7 Å². The number of phenolic OH excluding ortho intramolecular Hbond substituents is 3. The molecule has 10 N–H and O–H groups in total. The lowest BCUT2D eigenvalue weighted by Gasteiger charge is -2.26. The van der Waals surface area contributed by atoms with Crippen LogP contribution >= 0.6 is 0 Å². The number of nitrogens with two attached hydrogens (primary N) is 1. The molecule has 0 aliphatic rings. The molecule has 4 amide bonds. The average molecular weight is 712 g/mol. The zero-order valence-corrected chi connectivity index (χ0v) is 28.1. The van der Waals surface area contributed by atoms with Gasteiger partial charge >= 0.3 is 5.97 Å². The number of carbonyl (C=O) groups excluding carboxylic acids is 4. The summed E-state index contributed by atoms with van der Waals surface area (Å²) in [5.74, 6) is -4.28. The summed E-state index contributed by atoms with van der Waals surface area (Å²) in [7, 11) is 0. The molecule has 4 aromatic carbocycles. The van der Waals surface area contributed by atoms with E-state index in [1.165, 1.54) is 48.5 Å². The second kappa shape index (κ2) is 18.5. The van der Waals surface area contributed by atoms with Crippen LogP contribution in [-0.4, -0.2) is 80.7 Å². The molecule has 52 heavy (non-hydrogen) atoms. The summed E-state index contributed by atoms with van der Waals surface area (Å²) in [6.45, 7) is -0.406. The normalized spacial score (nSPS) is 13.1. The second-order valence-electron chi connectivity index (χ2n) is 12.1. The Morgan fingerprint density at radius 2 is 0.769 bits per heavy atom. The van der Waals surface area contributed by atoms with Crippen molar-refractivity contribution in [3.8, 4) is 17.2 Å². The van der Waals surface area contributed by atoms with Gasteiger partial charge < -0.3 is 47.4 Å². The molecule has 0 heterocycles. The summed E-state index contributed by atoms with van der Waals surface area (Å²) in [6, 6.07) is 21.3. The van der Waals surface area contributed by atoms with Gasteiger partial charge in [0.2, 0.25) is 23.6 Å². The zero-order chi connectivity index (χ0) is 37.6. The first kappa shape index (κ1) is 38.4. The molecular weight excluding hydrogens is 670 g/mol. The first-order chi connectivity index (χ1) is 24.9. The van der Waals surface area contributed by atoms with Crippen molar-refractivity contribution in [2.75, 3.05) is 6.54 Å². The highest BCUT2D eigenvalue weighted by molar-refractivity contribution is 5.95. The standard InChI is InChI=1S/C38H41N5O9/c39-22-34(47)40-30(19-24-6-12-27(44)13-7-24)35(48)41-32(20-25-8-14-28(45)15-9-25)36(49)42-31(18-23-4-2-1-3-5-23)37(50)43-33(38(51)52)21-26-10-16-29(46)17-11-26/h1-17,30-33,44-46H,18-22,39H2,(H,40,47)(H,41,48)(H,42,49)(H,43,50)(H,51,52)/t30-,31-,32-,33-/m0/s1. The molecule has 14 heteroatoms. The lowest BCUT2D eigenvalue weighted by molar-refractivity contribution is -0.142. The lowest BCUT2D eigenvalue weighted by Crippen LogP contribution is -2.59. The Hall–Kier alpha value is -6.41. The first-order valence-corrected chi connectivity index (χ1v) is 16.4. The van der Waals surface area contributed by atoms with Crippen molar-refractivity contribution in [1.29, 1.82) is 0 Å². The lowest BCUT2D eigenvalue weighted by atomic mass is 10.0. The number of rotatable bonds is 17. The van der Waals surface area contributed by atoms with Gasteiger partial charge in [-0.05, 0) is 58.7 Å². The van der Waals surface area contributed by atoms with E-state index in [4.69, 9.17) is 5.73 Å². The van der Waals surface area contributed by atoms with Gasteiger partial charge in [-0.3, -0.25) is 19.2 Å². The third-order valence-electron chi connectivity index (χ3n) is 8.13. The maximum absolute atomic E-state index is 14.1. The summed E-state index contributed by atoms with van der Waals surface area (Å²) in [6.07, 6.45) is -0.237. The molecule has 14 nitrogen and oxygen atoms in total. The van der Waals surface area contributed by atoms with Crippen LogP contribution in [0.2, 0.25) is 0 Å². The third kappa shape index (κ3) is 11.9. The topological polar surface area (TPSA) is 240 Å². The van der Waals surface area contributed by atoms with Crippen molar-refractivity contribution in [2.45, 2.75) is 49.9 Å². The number of hydrogen-bond donors (Lipinski definition) is 9. The summed E-state index contributed by atoms with van der Waals surface area (Å²) >= 11 is 0. The van der Waals surface area contributed by atoms with Gasteiger partial charge in [-0.15, -0.1) is 0 Å². The number of hydrogen-bond acceptors (Lipinski definition) is 9. The molecule has 0 bridgehead atoms. The van der Waals surface area contributed by atoms with Gasteiger partial charge in [-0.1, -0.05) is 66.7 Å². The summed E-state index contributed by atoms with van der Waals surface area (Å²) in [5.41, 5.74) is 7.83. The highest BCUT2D eigenvalue weighted by Crippen LogP contribution is 2.15. The van der Waals surface area contributed by atoms with Crippen LogP contribution in [0.15, 0.2) is 103 Å². The molecule has 0 aliphatic heterocycles. The van der Waals surface area contributed by atoms with E-state index >= 15 is 0 Å². The van der Waals surface area contributed by atoms with Gasteiger partial charge in [-0.25, -0.2) is 4.79 Å². The van der Waals surface area contributed by atoms with Gasteiger partial charge in [0, 0.05) is 25.7 Å². The molecule has 4 rings (SSSR count). The molecule has 0 saturated carbocycles. The number of carboxylic acid groups (broad SMARTS) is 1. The molecule has 0 aromatic heterocycles. The molecule has 0 aliphatic carbocycles. The van der Waals surface area contributed by atoms with Crippen LogP contribution in [0.3, 0.4) is 0 Å². The Morgan fingerprint density at radius 3 is 1.12 bits per heavy atom. The maximum Gasteiger partial charge on any atom is 0.326 e. The first-order valence-electron chi connectivity index (χ1n) is 16.4. The predicted octanol–water partition coefficient (Wildman–Crippen LogP) is 1.06. The largest absolute Gasteiger partial charge is 0.508 e. The van der Waals surface area contributed by atoms with Gasteiger partial charge in [0.15, 0.2) is 0 Å². The van der Waals surface area contributed by atoms with E-state index in [-0.39, 0.29) is 42.9 Å². The maximum atomic E-state index is 14.1. The van der Waals surface area contributed by atoms with E-state index in [0.717, 1.165) is 0 Å². The average Bonchev–Trinajstić information content (AvgIpc) is 3.13. The minimum absolute atomic E-state index is 0.00509. The number of aromatic hydroxyl groups is 3. The minimum Gasteiger partial charge on any atom is -0.508 e. The van der Waals surface area contributed by atoms with Crippen molar-refractivity contribution in [3.63, 3.8) is 0 Å². The molecule has 0 radical (unpaired) electrons. The minimum atomic E-state index is -1.38. The number of carbonyl (C=O) groups is 5. The number of carboxylic acids is 1. The van der Waals surface area contributed by atoms with Crippen LogP contribution < -0.4 is 27.0 Å². The van der Waals surface area contributed by atoms with E-state index in [1.54, 1.807) is 54.6 Å². The van der Waals surface area contributed by atoms with E-state index in [2.05, 4.69) is 21.3 Å². The molecular formula is C38H41N5O9. The number of nitrogens with one attached hydrogen (secondary N) is 4. The fourth-order valence-electron chi connectivity index (χ4n) is 5.35. The predicted molar refractivity (Wildman–Crippen MR) is 190 cm³/mol. The number of phenols is 3. The third-order valence-corrected chi connectivity index (χ3v) is 8.13. The monoisotopic (exact) mass is 711 g/mol. The summed E-state index contributed by atoms with van der Waals surface area (Å²) < 4.78 is 0. The van der Waals surface area contributed by atoms with Crippen LogP contribution in [0.1, 0.15) is 22.3 Å². The van der Waals surface area contributed by atoms with E-state index < -0.39 is 60.3 Å². The molecule has 0 spiro atoms. The Morgan fingerprint density at radius 1 is 0.462 bits per heavy atom. The van der Waals surface area contributed by atoms with E-state index in [0.29, 0.717) is 22.3 Å². The van der Waals surface area contributed by atoms with E-state index in [1.807, 2.05) is 0 Å². The molecule has 4 atom stereocenters. The second-order valence-corrected chi connectivity index (χ2v) is 12.1. The highest BCUT2D eigenvalue weighted by Gasteiger charge is 2.32. The van der Waals surface area contributed by atoms with Crippen molar-refractivity contribution in [2.24, 2.45) is 5.73 Å². The molecule has 0 saturated heterocycles. The fraction of sp³-hybridized carbons (Fsp3) is 0.237. The van der Waals surface area contributed by atoms with Crippen molar-refractivity contribution >= 4 is 29.6 Å². The molecule has 272 valence electrons. The van der Waals surface area contributed by atoms with Gasteiger partial charge in [0.05, 0.1) is 6.54 Å². The highest BCUT2D eigenvalue weighted by atomic mass is 16.4. The number of amides is 4. The smallest absolute Gasteiger partial charge is 0.326 e. The fourth-order valence-corrected chi connectivity index (χ4v) is 5.35. The van der Waals surface area contributed by atoms with Gasteiger partial charge in [0.1, 0.15) is 41.4 Å². The van der Waals surface area contributed by atoms with Crippen LogP contribution in [0, 0.1) is 0 Å². The van der Waals surface area contributed by atoms with Gasteiger partial charge in [-0.2, -0.15) is 0 Å². The summed E-state index contributed by atoms with van der Waals surface area (Å²) in [5, 5.41) is 49.5. The van der Waals surface area contributed by atoms with Crippen LogP contribution in [0.5, 0.6) is 17.2 Å². The molecule has 4 aromatic rings. The van der Waals surface area contributed by atoms with Crippen molar-refractivity contribution in [1.82, 2.24) is 21.3 Å². The Labute approximate surface area is 299 Å². The summed E-state index contributed by atoms with van der Waals surface area (Å²) in [4.78, 5) is 66.1.